The summed E-state index contributed by atoms with van der Waals surface area (Å²) in [7, 11) is 0. The SMILES string of the molecule is Cc1ccc2c(N3CCOCC3)nc(-c3ccc(NC(=O)Nc4ccc(C(=O)O)cc4)cc3)nn12. The number of aryl methyl sites for hydroxylation is 1. The van der Waals surface area contributed by atoms with Gasteiger partial charge in [-0.2, -0.15) is 0 Å². The third-order valence-electron chi connectivity index (χ3n) is 5.78. The van der Waals surface area contributed by atoms with Gasteiger partial charge in [-0.15, -0.1) is 5.10 Å². The number of hydrogen-bond acceptors (Lipinski definition) is 6. The van der Waals surface area contributed by atoms with Crippen LogP contribution in [-0.2, 0) is 4.74 Å². The highest BCUT2D eigenvalue weighted by Crippen LogP contribution is 2.26. The zero-order valence-corrected chi connectivity index (χ0v) is 19.1. The van der Waals surface area contributed by atoms with Gasteiger partial charge in [-0.1, -0.05) is 0 Å². The van der Waals surface area contributed by atoms with Crippen LogP contribution in [0.3, 0.4) is 0 Å². The number of nitrogens with zero attached hydrogens (tertiary/aromatic N) is 4. The van der Waals surface area contributed by atoms with E-state index in [4.69, 9.17) is 19.9 Å². The van der Waals surface area contributed by atoms with Crippen molar-refractivity contribution >= 4 is 34.7 Å². The fraction of sp³-hybridized carbons (Fsp3) is 0.200. The van der Waals surface area contributed by atoms with Crippen LogP contribution in [0.25, 0.3) is 16.9 Å². The minimum Gasteiger partial charge on any atom is -0.478 e. The van der Waals surface area contributed by atoms with Crippen LogP contribution in [0.2, 0.25) is 0 Å². The normalized spacial score (nSPS) is 13.6. The molecule has 0 bridgehead atoms. The number of ether oxygens (including phenoxy) is 1. The smallest absolute Gasteiger partial charge is 0.335 e. The summed E-state index contributed by atoms with van der Waals surface area (Å²) in [6.07, 6.45) is 0. The molecule has 3 heterocycles. The van der Waals surface area contributed by atoms with Crippen molar-refractivity contribution in [3.63, 3.8) is 0 Å². The summed E-state index contributed by atoms with van der Waals surface area (Å²) in [4.78, 5) is 30.4. The Morgan fingerprint density at radius 2 is 1.54 bits per heavy atom. The molecule has 1 saturated heterocycles. The van der Waals surface area contributed by atoms with Crippen LogP contribution in [0.1, 0.15) is 16.1 Å². The zero-order valence-electron chi connectivity index (χ0n) is 19.1. The molecule has 1 fully saturated rings. The molecule has 35 heavy (non-hydrogen) atoms. The van der Waals surface area contributed by atoms with E-state index < -0.39 is 12.0 Å². The van der Waals surface area contributed by atoms with Gasteiger partial charge in [0.2, 0.25) is 0 Å². The summed E-state index contributed by atoms with van der Waals surface area (Å²) < 4.78 is 7.40. The molecule has 1 aliphatic rings. The molecule has 2 amide bonds. The second kappa shape index (κ2) is 9.43. The van der Waals surface area contributed by atoms with Crippen molar-refractivity contribution in [3.05, 3.63) is 71.9 Å². The number of urea groups is 1. The van der Waals surface area contributed by atoms with Crippen molar-refractivity contribution in [1.82, 2.24) is 14.6 Å². The lowest BCUT2D eigenvalue weighted by Crippen LogP contribution is -2.37. The van der Waals surface area contributed by atoms with Crippen LogP contribution >= 0.6 is 0 Å². The number of anilines is 3. The molecule has 4 aromatic rings. The summed E-state index contributed by atoms with van der Waals surface area (Å²) in [6.45, 7) is 4.88. The van der Waals surface area contributed by atoms with E-state index in [-0.39, 0.29) is 5.56 Å². The summed E-state index contributed by atoms with van der Waals surface area (Å²) in [5.74, 6) is 0.447. The average Bonchev–Trinajstić information content (AvgIpc) is 3.25. The molecule has 10 nitrogen and oxygen atoms in total. The van der Waals surface area contributed by atoms with Gasteiger partial charge in [0.05, 0.1) is 18.8 Å². The maximum atomic E-state index is 12.3. The number of morpholine rings is 1. The number of rotatable bonds is 5. The Labute approximate surface area is 201 Å². The van der Waals surface area contributed by atoms with Crippen molar-refractivity contribution in [2.45, 2.75) is 6.92 Å². The number of aromatic nitrogens is 3. The molecule has 0 atom stereocenters. The van der Waals surface area contributed by atoms with Crippen molar-refractivity contribution in [2.75, 3.05) is 41.8 Å². The molecule has 5 rings (SSSR count). The summed E-state index contributed by atoms with van der Waals surface area (Å²) >= 11 is 0. The molecule has 178 valence electrons. The highest BCUT2D eigenvalue weighted by atomic mass is 16.5. The number of carbonyl (C=O) groups excluding carboxylic acids is 1. The fourth-order valence-corrected chi connectivity index (χ4v) is 3.93. The summed E-state index contributed by atoms with van der Waals surface area (Å²) in [5, 5.41) is 19.2. The molecule has 0 aliphatic carbocycles. The molecule has 10 heteroatoms. The minimum atomic E-state index is -1.02. The summed E-state index contributed by atoms with van der Waals surface area (Å²) in [6, 6.07) is 16.9. The summed E-state index contributed by atoms with van der Waals surface area (Å²) in [5.41, 5.74) is 4.04. The van der Waals surface area contributed by atoms with Crippen LogP contribution in [0.15, 0.2) is 60.7 Å². The van der Waals surface area contributed by atoms with Gasteiger partial charge in [0.1, 0.15) is 5.52 Å². The van der Waals surface area contributed by atoms with E-state index in [2.05, 4.69) is 15.5 Å². The Bertz CT molecular complexity index is 1380. The number of carboxylic acid groups (broad SMARTS) is 1. The second-order valence-corrected chi connectivity index (χ2v) is 8.17. The standard InChI is InChI=1S/C25H24N6O4/c1-16-2-11-21-23(30-12-14-35-15-13-30)28-22(29-31(16)21)17-3-7-19(8-4-17)26-25(34)27-20-9-5-18(6-10-20)24(32)33/h2-11H,12-15H2,1H3,(H,32,33)(H2,26,27,34). The first-order valence-electron chi connectivity index (χ1n) is 11.2. The molecule has 3 N–H and O–H groups in total. The van der Waals surface area contributed by atoms with E-state index >= 15 is 0 Å². The first kappa shape index (κ1) is 22.4. The first-order valence-corrected chi connectivity index (χ1v) is 11.2. The molecule has 1 aliphatic heterocycles. The topological polar surface area (TPSA) is 121 Å². The number of carbonyl (C=O) groups is 2. The van der Waals surface area contributed by atoms with Crippen molar-refractivity contribution in [3.8, 4) is 11.4 Å². The van der Waals surface area contributed by atoms with Crippen LogP contribution in [-0.4, -0.2) is 58.0 Å². The van der Waals surface area contributed by atoms with Crippen LogP contribution < -0.4 is 15.5 Å². The van der Waals surface area contributed by atoms with Gasteiger partial charge in [-0.25, -0.2) is 19.1 Å². The van der Waals surface area contributed by atoms with Gasteiger partial charge in [0, 0.05) is 35.7 Å². The monoisotopic (exact) mass is 472 g/mol. The van der Waals surface area contributed by atoms with Gasteiger partial charge < -0.3 is 25.4 Å². The predicted octanol–water partition coefficient (Wildman–Crippen LogP) is 3.88. The number of benzene rings is 2. The van der Waals surface area contributed by atoms with Gasteiger partial charge in [0.15, 0.2) is 11.6 Å². The van der Waals surface area contributed by atoms with Crippen molar-refractivity contribution in [2.24, 2.45) is 0 Å². The Morgan fingerprint density at radius 3 is 2.17 bits per heavy atom. The van der Waals surface area contributed by atoms with Crippen LogP contribution in [0.5, 0.6) is 0 Å². The third-order valence-corrected chi connectivity index (χ3v) is 5.78. The zero-order chi connectivity index (χ0) is 24.4. The number of nitrogens with one attached hydrogen (secondary N) is 2. The molecular formula is C25H24N6O4. The first-order chi connectivity index (χ1) is 17.0. The van der Waals surface area contributed by atoms with Crippen LogP contribution in [0, 0.1) is 6.92 Å². The Morgan fingerprint density at radius 1 is 0.914 bits per heavy atom. The van der Waals surface area contributed by atoms with Gasteiger partial charge >= 0.3 is 12.0 Å². The molecule has 0 saturated carbocycles. The molecule has 0 spiro atoms. The van der Waals surface area contributed by atoms with Gasteiger partial charge in [-0.05, 0) is 67.6 Å². The van der Waals surface area contributed by atoms with Crippen molar-refractivity contribution in [1.29, 1.82) is 0 Å². The number of hydrogen-bond donors (Lipinski definition) is 3. The molecule has 0 radical (unpaired) electrons. The highest BCUT2D eigenvalue weighted by molar-refractivity contribution is 6.00. The van der Waals surface area contributed by atoms with E-state index in [9.17, 15) is 9.59 Å². The maximum Gasteiger partial charge on any atom is 0.335 e. The molecule has 0 unspecified atom stereocenters. The van der Waals surface area contributed by atoms with Crippen molar-refractivity contribution < 1.29 is 19.4 Å². The van der Waals surface area contributed by atoms with E-state index in [1.165, 1.54) is 24.3 Å². The molecular weight excluding hydrogens is 448 g/mol. The minimum absolute atomic E-state index is 0.152. The van der Waals surface area contributed by atoms with Gasteiger partial charge in [-0.3, -0.25) is 0 Å². The van der Waals surface area contributed by atoms with E-state index in [0.717, 1.165) is 35.7 Å². The Balaban J connectivity index is 1.33. The second-order valence-electron chi connectivity index (χ2n) is 8.17. The van der Waals surface area contributed by atoms with Gasteiger partial charge in [0.25, 0.3) is 0 Å². The van der Waals surface area contributed by atoms with E-state index in [0.29, 0.717) is 30.4 Å². The maximum absolute atomic E-state index is 12.3. The molecule has 2 aromatic heterocycles. The number of amides is 2. The fourth-order valence-electron chi connectivity index (χ4n) is 3.93. The van der Waals surface area contributed by atoms with E-state index in [1.54, 1.807) is 12.1 Å². The number of carboxylic acids is 1. The molecule has 2 aromatic carbocycles. The lowest BCUT2D eigenvalue weighted by atomic mass is 10.2. The lowest BCUT2D eigenvalue weighted by molar-refractivity contribution is 0.0697. The van der Waals surface area contributed by atoms with Crippen LogP contribution in [0.4, 0.5) is 22.0 Å². The average molecular weight is 473 g/mol. The largest absolute Gasteiger partial charge is 0.478 e. The Kier molecular flexibility index (Phi) is 6.02. The lowest BCUT2D eigenvalue weighted by Gasteiger charge is -2.28. The number of fused-ring (bicyclic) bond motifs is 1. The predicted molar refractivity (Wildman–Crippen MR) is 132 cm³/mol. The third kappa shape index (κ3) is 4.78. The Hall–Kier alpha value is -4.44. The number of aromatic carboxylic acids is 1. The van der Waals surface area contributed by atoms with E-state index in [1.807, 2.05) is 35.7 Å². The quantitative estimate of drug-likeness (QED) is 0.403. The highest BCUT2D eigenvalue weighted by Gasteiger charge is 2.19.